The van der Waals surface area contributed by atoms with E-state index in [1.165, 1.54) is 24.0 Å². The third kappa shape index (κ3) is 3.07. The quantitative estimate of drug-likeness (QED) is 0.811. The van der Waals surface area contributed by atoms with Crippen LogP contribution in [0.15, 0.2) is 18.2 Å². The maximum atomic E-state index is 11.6. The Morgan fingerprint density at radius 2 is 2.06 bits per heavy atom. The number of carbonyl (C=O) groups is 1. The van der Waals surface area contributed by atoms with Crippen LogP contribution in [0, 0.1) is 13.8 Å². The molecule has 1 saturated carbocycles. The molecule has 1 amide bonds. The normalized spacial score (nSPS) is 14.9. The summed E-state index contributed by atoms with van der Waals surface area (Å²) >= 11 is 0. The van der Waals surface area contributed by atoms with E-state index in [-0.39, 0.29) is 5.91 Å². The summed E-state index contributed by atoms with van der Waals surface area (Å²) in [7, 11) is 0. The van der Waals surface area contributed by atoms with Crippen LogP contribution in [0.4, 0.5) is 5.69 Å². The standard InChI is InChI=1S/C13H18N2O/c1-9-3-4-12(7-10(9)2)15-13(16)8-14-11-5-6-11/h3-4,7,11,14H,5-6,8H2,1-2H3,(H,15,16). The number of hydrogen-bond donors (Lipinski definition) is 2. The lowest BCUT2D eigenvalue weighted by Gasteiger charge is -2.08. The molecular formula is C13H18N2O. The van der Waals surface area contributed by atoms with Crippen molar-refractivity contribution in [3.8, 4) is 0 Å². The molecule has 16 heavy (non-hydrogen) atoms. The highest BCUT2D eigenvalue weighted by Crippen LogP contribution is 2.18. The van der Waals surface area contributed by atoms with Gasteiger partial charge in [-0.1, -0.05) is 6.07 Å². The predicted molar refractivity (Wildman–Crippen MR) is 65.6 cm³/mol. The first kappa shape index (κ1) is 11.1. The van der Waals surface area contributed by atoms with Crippen LogP contribution in [-0.2, 0) is 4.79 Å². The van der Waals surface area contributed by atoms with Crippen molar-refractivity contribution in [3.63, 3.8) is 0 Å². The summed E-state index contributed by atoms with van der Waals surface area (Å²) < 4.78 is 0. The van der Waals surface area contributed by atoms with Gasteiger partial charge >= 0.3 is 0 Å². The Kier molecular flexibility index (Phi) is 3.25. The lowest BCUT2D eigenvalue weighted by molar-refractivity contribution is -0.115. The summed E-state index contributed by atoms with van der Waals surface area (Å²) in [5.74, 6) is 0.0372. The van der Waals surface area contributed by atoms with Crippen LogP contribution in [0.1, 0.15) is 24.0 Å². The molecule has 0 radical (unpaired) electrons. The number of nitrogens with one attached hydrogen (secondary N) is 2. The lowest BCUT2D eigenvalue weighted by Crippen LogP contribution is -2.29. The predicted octanol–water partition coefficient (Wildman–Crippen LogP) is 1.99. The average Bonchev–Trinajstić information content (AvgIpc) is 3.04. The van der Waals surface area contributed by atoms with Gasteiger partial charge in [-0.15, -0.1) is 0 Å². The summed E-state index contributed by atoms with van der Waals surface area (Å²) in [5, 5.41) is 6.08. The van der Waals surface area contributed by atoms with Gasteiger partial charge in [-0.05, 0) is 49.9 Å². The van der Waals surface area contributed by atoms with Crippen LogP contribution in [-0.4, -0.2) is 18.5 Å². The Balaban J connectivity index is 1.86. The van der Waals surface area contributed by atoms with Gasteiger partial charge in [-0.2, -0.15) is 0 Å². The molecule has 1 aromatic carbocycles. The minimum Gasteiger partial charge on any atom is -0.325 e. The van der Waals surface area contributed by atoms with Gasteiger partial charge in [0.2, 0.25) is 5.91 Å². The highest BCUT2D eigenvalue weighted by molar-refractivity contribution is 5.92. The van der Waals surface area contributed by atoms with Gasteiger partial charge in [0.1, 0.15) is 0 Å². The zero-order valence-electron chi connectivity index (χ0n) is 9.84. The van der Waals surface area contributed by atoms with E-state index in [2.05, 4.69) is 17.6 Å². The van der Waals surface area contributed by atoms with Gasteiger partial charge in [-0.25, -0.2) is 0 Å². The summed E-state index contributed by atoms with van der Waals surface area (Å²) in [4.78, 5) is 11.6. The van der Waals surface area contributed by atoms with Crippen LogP contribution in [0.25, 0.3) is 0 Å². The van der Waals surface area contributed by atoms with E-state index in [4.69, 9.17) is 0 Å². The molecular weight excluding hydrogens is 200 g/mol. The molecule has 0 heterocycles. The Morgan fingerprint density at radius 3 is 2.69 bits per heavy atom. The highest BCUT2D eigenvalue weighted by atomic mass is 16.1. The van der Waals surface area contributed by atoms with E-state index in [0.29, 0.717) is 12.6 Å². The molecule has 3 heteroatoms. The molecule has 2 rings (SSSR count). The molecule has 1 aliphatic carbocycles. The van der Waals surface area contributed by atoms with Crippen molar-refractivity contribution in [1.82, 2.24) is 5.32 Å². The van der Waals surface area contributed by atoms with Crippen molar-refractivity contribution in [1.29, 1.82) is 0 Å². The van der Waals surface area contributed by atoms with Crippen molar-refractivity contribution in [2.45, 2.75) is 32.7 Å². The minimum absolute atomic E-state index is 0.0372. The number of aryl methyl sites for hydroxylation is 2. The van der Waals surface area contributed by atoms with Crippen LogP contribution < -0.4 is 10.6 Å². The molecule has 1 aromatic rings. The maximum absolute atomic E-state index is 11.6. The van der Waals surface area contributed by atoms with Gasteiger partial charge < -0.3 is 10.6 Å². The van der Waals surface area contributed by atoms with Crippen molar-refractivity contribution in [3.05, 3.63) is 29.3 Å². The van der Waals surface area contributed by atoms with Gasteiger partial charge in [0.25, 0.3) is 0 Å². The number of hydrogen-bond acceptors (Lipinski definition) is 2. The second-order valence-electron chi connectivity index (χ2n) is 4.50. The minimum atomic E-state index is 0.0372. The van der Waals surface area contributed by atoms with Crippen LogP contribution in [0.2, 0.25) is 0 Å². The van der Waals surface area contributed by atoms with E-state index < -0.39 is 0 Å². The van der Waals surface area contributed by atoms with Crippen molar-refractivity contribution < 1.29 is 4.79 Å². The van der Waals surface area contributed by atoms with E-state index in [1.807, 2.05) is 25.1 Å². The smallest absolute Gasteiger partial charge is 0.238 e. The van der Waals surface area contributed by atoms with Crippen molar-refractivity contribution in [2.24, 2.45) is 0 Å². The van der Waals surface area contributed by atoms with E-state index >= 15 is 0 Å². The molecule has 2 N–H and O–H groups in total. The first-order chi connectivity index (χ1) is 7.65. The number of carbonyl (C=O) groups excluding carboxylic acids is 1. The fourth-order valence-electron chi connectivity index (χ4n) is 1.55. The molecule has 3 nitrogen and oxygen atoms in total. The Hall–Kier alpha value is -1.35. The molecule has 86 valence electrons. The van der Waals surface area contributed by atoms with Crippen molar-refractivity contribution >= 4 is 11.6 Å². The molecule has 0 unspecified atom stereocenters. The number of amides is 1. The summed E-state index contributed by atoms with van der Waals surface area (Å²) in [5.41, 5.74) is 3.33. The fraction of sp³-hybridized carbons (Fsp3) is 0.462. The van der Waals surface area contributed by atoms with Gasteiger partial charge in [0, 0.05) is 11.7 Å². The topological polar surface area (TPSA) is 41.1 Å². The largest absolute Gasteiger partial charge is 0.325 e. The second-order valence-corrected chi connectivity index (χ2v) is 4.50. The highest BCUT2D eigenvalue weighted by Gasteiger charge is 2.21. The Morgan fingerprint density at radius 1 is 1.31 bits per heavy atom. The molecule has 0 bridgehead atoms. The summed E-state index contributed by atoms with van der Waals surface area (Å²) in [6.07, 6.45) is 2.41. The van der Waals surface area contributed by atoms with Crippen LogP contribution in [0.5, 0.6) is 0 Å². The Labute approximate surface area is 96.2 Å². The second kappa shape index (κ2) is 4.66. The van der Waals surface area contributed by atoms with E-state index in [0.717, 1.165) is 5.69 Å². The SMILES string of the molecule is Cc1ccc(NC(=O)CNC2CC2)cc1C. The Bertz CT molecular complexity index is 397. The third-order valence-electron chi connectivity index (χ3n) is 2.92. The first-order valence-corrected chi connectivity index (χ1v) is 5.75. The summed E-state index contributed by atoms with van der Waals surface area (Å²) in [6, 6.07) is 6.55. The molecule has 0 aliphatic heterocycles. The fourth-order valence-corrected chi connectivity index (χ4v) is 1.55. The van der Waals surface area contributed by atoms with Crippen molar-refractivity contribution in [2.75, 3.05) is 11.9 Å². The number of anilines is 1. The molecule has 0 aromatic heterocycles. The van der Waals surface area contributed by atoms with Crippen LogP contribution >= 0.6 is 0 Å². The third-order valence-corrected chi connectivity index (χ3v) is 2.92. The average molecular weight is 218 g/mol. The van der Waals surface area contributed by atoms with E-state index in [9.17, 15) is 4.79 Å². The molecule has 1 aliphatic rings. The van der Waals surface area contributed by atoms with Crippen LogP contribution in [0.3, 0.4) is 0 Å². The van der Waals surface area contributed by atoms with Gasteiger partial charge in [-0.3, -0.25) is 4.79 Å². The molecule has 0 spiro atoms. The van der Waals surface area contributed by atoms with Gasteiger partial charge in [0.05, 0.1) is 6.54 Å². The number of rotatable bonds is 4. The molecule has 1 fully saturated rings. The molecule has 0 atom stereocenters. The zero-order chi connectivity index (χ0) is 11.5. The maximum Gasteiger partial charge on any atom is 0.238 e. The monoisotopic (exact) mass is 218 g/mol. The molecule has 0 saturated heterocycles. The first-order valence-electron chi connectivity index (χ1n) is 5.75. The number of benzene rings is 1. The summed E-state index contributed by atoms with van der Waals surface area (Å²) in [6.45, 7) is 4.53. The lowest BCUT2D eigenvalue weighted by atomic mass is 10.1. The zero-order valence-corrected chi connectivity index (χ0v) is 9.84. The van der Waals surface area contributed by atoms with E-state index in [1.54, 1.807) is 0 Å². The van der Waals surface area contributed by atoms with Gasteiger partial charge in [0.15, 0.2) is 0 Å².